The summed E-state index contributed by atoms with van der Waals surface area (Å²) in [7, 11) is 0. The Balaban J connectivity index is 1.80. The van der Waals surface area contributed by atoms with Crippen molar-refractivity contribution in [1.29, 1.82) is 0 Å². The fourth-order valence-electron chi connectivity index (χ4n) is 2.93. The fourth-order valence-corrected chi connectivity index (χ4v) is 3.53. The van der Waals surface area contributed by atoms with Crippen LogP contribution in [-0.2, 0) is 4.74 Å². The third-order valence-electron chi connectivity index (χ3n) is 4.31. The third-order valence-corrected chi connectivity index (χ3v) is 5.52. The molecule has 1 heterocycles. The summed E-state index contributed by atoms with van der Waals surface area (Å²) in [6.45, 7) is 4.21. The van der Waals surface area contributed by atoms with Crippen LogP contribution in [0.3, 0.4) is 0 Å². The van der Waals surface area contributed by atoms with E-state index in [2.05, 4.69) is 22.9 Å². The summed E-state index contributed by atoms with van der Waals surface area (Å²) in [6, 6.07) is 0. The van der Waals surface area contributed by atoms with Crippen LogP contribution in [0, 0.1) is 5.92 Å². The van der Waals surface area contributed by atoms with Gasteiger partial charge in [0.05, 0.1) is 6.61 Å². The number of hydrogen-bond acceptors (Lipinski definition) is 1. The topological polar surface area (TPSA) is 9.23 Å². The van der Waals surface area contributed by atoms with Gasteiger partial charge in [-0.15, -0.1) is 0 Å². The van der Waals surface area contributed by atoms with E-state index in [9.17, 15) is 0 Å². The predicted octanol–water partition coefficient (Wildman–Crippen LogP) is 6.10. The summed E-state index contributed by atoms with van der Waals surface area (Å²) in [4.78, 5) is 0.708. The van der Waals surface area contributed by atoms with Crippen molar-refractivity contribution in [2.45, 2.75) is 88.8 Å². The van der Waals surface area contributed by atoms with Gasteiger partial charge in [0.15, 0.2) is 0 Å². The quantitative estimate of drug-likeness (QED) is 0.328. The molecule has 0 aromatic carbocycles. The van der Waals surface area contributed by atoms with Crippen molar-refractivity contribution in [3.05, 3.63) is 0 Å². The first-order valence-electron chi connectivity index (χ1n) is 8.56. The molecule has 0 saturated carbocycles. The first-order chi connectivity index (χ1) is 9.34. The number of hydrogen-bond donors (Lipinski definition) is 0. The number of halogens is 1. The van der Waals surface area contributed by atoms with Crippen LogP contribution >= 0.6 is 15.9 Å². The molecule has 1 rings (SSSR count). The van der Waals surface area contributed by atoms with E-state index in [-0.39, 0.29) is 0 Å². The molecule has 1 fully saturated rings. The minimum absolute atomic E-state index is 0.708. The van der Waals surface area contributed by atoms with Gasteiger partial charge in [0, 0.05) is 11.4 Å². The molecular weight excluding hydrogens is 300 g/mol. The van der Waals surface area contributed by atoms with Gasteiger partial charge in [0.25, 0.3) is 0 Å². The van der Waals surface area contributed by atoms with E-state index in [1.165, 1.54) is 77.0 Å². The Morgan fingerprint density at radius 2 is 1.47 bits per heavy atom. The second-order valence-corrected chi connectivity index (χ2v) is 7.29. The van der Waals surface area contributed by atoms with Crippen molar-refractivity contribution in [3.63, 3.8) is 0 Å². The van der Waals surface area contributed by atoms with Crippen LogP contribution < -0.4 is 0 Å². The van der Waals surface area contributed by atoms with E-state index in [0.29, 0.717) is 4.83 Å². The Labute approximate surface area is 129 Å². The van der Waals surface area contributed by atoms with Gasteiger partial charge < -0.3 is 4.74 Å². The van der Waals surface area contributed by atoms with E-state index in [1.54, 1.807) is 0 Å². The summed E-state index contributed by atoms with van der Waals surface area (Å²) < 4.78 is 5.56. The van der Waals surface area contributed by atoms with Crippen LogP contribution in [0.2, 0.25) is 0 Å². The molecule has 1 saturated heterocycles. The first kappa shape index (κ1) is 17.5. The Hall–Kier alpha value is 0.440. The van der Waals surface area contributed by atoms with Crippen molar-refractivity contribution < 1.29 is 4.74 Å². The summed E-state index contributed by atoms with van der Waals surface area (Å²) in [5.74, 6) is 0.766. The molecule has 1 nitrogen and oxygen atoms in total. The highest BCUT2D eigenvalue weighted by Gasteiger charge is 2.22. The maximum atomic E-state index is 5.56. The van der Waals surface area contributed by atoms with Gasteiger partial charge in [-0.1, -0.05) is 87.1 Å². The minimum Gasteiger partial charge on any atom is -0.381 e. The highest BCUT2D eigenvalue weighted by molar-refractivity contribution is 9.09. The average molecular weight is 333 g/mol. The van der Waals surface area contributed by atoms with Gasteiger partial charge in [0.2, 0.25) is 0 Å². The maximum Gasteiger partial charge on any atom is 0.0504 e. The molecule has 114 valence electrons. The molecule has 2 unspecified atom stereocenters. The summed E-state index contributed by atoms with van der Waals surface area (Å²) >= 11 is 3.80. The SMILES string of the molecule is CCCCCCCCCCCCC1COCCC1Br. The van der Waals surface area contributed by atoms with Gasteiger partial charge in [-0.3, -0.25) is 0 Å². The second-order valence-electron chi connectivity index (χ2n) is 6.11. The molecule has 2 heteroatoms. The van der Waals surface area contributed by atoms with E-state index in [4.69, 9.17) is 4.74 Å². The highest BCUT2D eigenvalue weighted by atomic mass is 79.9. The second kappa shape index (κ2) is 12.2. The van der Waals surface area contributed by atoms with Crippen molar-refractivity contribution in [2.75, 3.05) is 13.2 Å². The molecule has 0 N–H and O–H groups in total. The summed E-state index contributed by atoms with van der Waals surface area (Å²) in [5, 5.41) is 0. The van der Waals surface area contributed by atoms with Crippen molar-refractivity contribution in [2.24, 2.45) is 5.92 Å². The van der Waals surface area contributed by atoms with Gasteiger partial charge in [-0.05, 0) is 18.8 Å². The summed E-state index contributed by atoms with van der Waals surface area (Å²) in [5.41, 5.74) is 0. The lowest BCUT2D eigenvalue weighted by atomic mass is 9.95. The molecule has 1 aliphatic rings. The van der Waals surface area contributed by atoms with Gasteiger partial charge in [-0.25, -0.2) is 0 Å². The van der Waals surface area contributed by atoms with Crippen LogP contribution in [0.1, 0.15) is 84.0 Å². The molecule has 0 radical (unpaired) electrons. The molecule has 0 amide bonds. The zero-order valence-electron chi connectivity index (χ0n) is 12.8. The maximum absolute atomic E-state index is 5.56. The number of rotatable bonds is 11. The summed E-state index contributed by atoms with van der Waals surface area (Å²) in [6.07, 6.45) is 16.9. The van der Waals surface area contributed by atoms with Crippen LogP contribution in [0.4, 0.5) is 0 Å². The minimum atomic E-state index is 0.708. The zero-order valence-corrected chi connectivity index (χ0v) is 14.4. The Kier molecular flexibility index (Phi) is 11.2. The van der Waals surface area contributed by atoms with Crippen molar-refractivity contribution >= 4 is 15.9 Å². The van der Waals surface area contributed by atoms with Crippen LogP contribution in [-0.4, -0.2) is 18.0 Å². The van der Waals surface area contributed by atoms with Crippen LogP contribution in [0.25, 0.3) is 0 Å². The largest absolute Gasteiger partial charge is 0.381 e. The van der Waals surface area contributed by atoms with Crippen molar-refractivity contribution in [1.82, 2.24) is 0 Å². The monoisotopic (exact) mass is 332 g/mol. The molecular formula is C17H33BrO. The number of ether oxygens (including phenoxy) is 1. The van der Waals surface area contributed by atoms with Gasteiger partial charge in [0.1, 0.15) is 0 Å². The molecule has 2 atom stereocenters. The lowest BCUT2D eigenvalue weighted by Crippen LogP contribution is -2.27. The fraction of sp³-hybridized carbons (Fsp3) is 1.00. The van der Waals surface area contributed by atoms with E-state index < -0.39 is 0 Å². The highest BCUT2D eigenvalue weighted by Crippen LogP contribution is 2.26. The molecule has 0 bridgehead atoms. The van der Waals surface area contributed by atoms with Crippen molar-refractivity contribution in [3.8, 4) is 0 Å². The lowest BCUT2D eigenvalue weighted by molar-refractivity contribution is 0.0563. The van der Waals surface area contributed by atoms with Gasteiger partial charge >= 0.3 is 0 Å². The molecule has 0 aromatic heterocycles. The first-order valence-corrected chi connectivity index (χ1v) is 9.48. The third kappa shape index (κ3) is 9.07. The molecule has 0 aliphatic carbocycles. The number of alkyl halides is 1. The molecule has 0 aromatic rings. The Bertz CT molecular complexity index is 196. The van der Waals surface area contributed by atoms with E-state index in [0.717, 1.165) is 19.1 Å². The van der Waals surface area contributed by atoms with E-state index in [1.807, 2.05) is 0 Å². The Morgan fingerprint density at radius 1 is 0.895 bits per heavy atom. The van der Waals surface area contributed by atoms with Crippen LogP contribution in [0.15, 0.2) is 0 Å². The van der Waals surface area contributed by atoms with E-state index >= 15 is 0 Å². The predicted molar refractivity (Wildman–Crippen MR) is 88.1 cm³/mol. The Morgan fingerprint density at radius 3 is 2.05 bits per heavy atom. The average Bonchev–Trinajstić information content (AvgIpc) is 2.43. The van der Waals surface area contributed by atoms with Gasteiger partial charge in [-0.2, -0.15) is 0 Å². The molecule has 0 spiro atoms. The standard InChI is InChI=1S/C17H33BrO/c1-2-3-4-5-6-7-8-9-10-11-12-16-15-19-14-13-17(16)18/h16-17H,2-15H2,1H3. The normalized spacial score (nSPS) is 23.7. The smallest absolute Gasteiger partial charge is 0.0504 e. The number of unbranched alkanes of at least 4 members (excludes halogenated alkanes) is 9. The molecule has 19 heavy (non-hydrogen) atoms. The lowest BCUT2D eigenvalue weighted by Gasteiger charge is -2.27. The zero-order chi connectivity index (χ0) is 13.8. The van der Waals surface area contributed by atoms with Crippen LogP contribution in [0.5, 0.6) is 0 Å². The molecule has 1 aliphatic heterocycles.